The summed E-state index contributed by atoms with van der Waals surface area (Å²) in [7, 11) is 0. The van der Waals surface area contributed by atoms with Crippen molar-refractivity contribution in [2.75, 3.05) is 6.54 Å². The highest BCUT2D eigenvalue weighted by atomic mass is 79.9. The van der Waals surface area contributed by atoms with Crippen LogP contribution in [0.5, 0.6) is 0 Å². The molecular formula is C13H13BrN2S. The van der Waals surface area contributed by atoms with E-state index in [0.29, 0.717) is 6.54 Å². The Balaban J connectivity index is 2.17. The predicted octanol–water partition coefficient (Wildman–Crippen LogP) is 3.64. The molecule has 1 heterocycles. The molecule has 0 aliphatic heterocycles. The van der Waals surface area contributed by atoms with Crippen molar-refractivity contribution in [1.82, 2.24) is 4.98 Å². The molecule has 2 rings (SSSR count). The van der Waals surface area contributed by atoms with Crippen LogP contribution in [-0.2, 0) is 0 Å². The van der Waals surface area contributed by atoms with Gasteiger partial charge in [-0.1, -0.05) is 45.9 Å². The van der Waals surface area contributed by atoms with E-state index in [9.17, 15) is 0 Å². The van der Waals surface area contributed by atoms with Crippen LogP contribution in [-0.4, -0.2) is 11.5 Å². The van der Waals surface area contributed by atoms with E-state index in [1.165, 1.54) is 5.56 Å². The summed E-state index contributed by atoms with van der Waals surface area (Å²) in [5.41, 5.74) is 7.06. The van der Waals surface area contributed by atoms with Gasteiger partial charge >= 0.3 is 0 Å². The van der Waals surface area contributed by atoms with Gasteiger partial charge in [-0.2, -0.15) is 0 Å². The van der Waals surface area contributed by atoms with Crippen molar-refractivity contribution >= 4 is 27.7 Å². The fourth-order valence-corrected chi connectivity index (χ4v) is 2.89. The van der Waals surface area contributed by atoms with Gasteiger partial charge in [0.25, 0.3) is 0 Å². The summed E-state index contributed by atoms with van der Waals surface area (Å²) < 4.78 is 1.08. The summed E-state index contributed by atoms with van der Waals surface area (Å²) in [5, 5.41) is 1.24. The average molecular weight is 309 g/mol. The Morgan fingerprint density at radius 3 is 2.76 bits per heavy atom. The van der Waals surface area contributed by atoms with Crippen LogP contribution in [0, 0.1) is 0 Å². The number of benzene rings is 1. The first-order valence-corrected chi connectivity index (χ1v) is 7.00. The quantitative estimate of drug-likeness (QED) is 0.877. The smallest absolute Gasteiger partial charge is 0.0966 e. The van der Waals surface area contributed by atoms with E-state index in [2.05, 4.69) is 33.0 Å². The molecule has 0 saturated heterocycles. The van der Waals surface area contributed by atoms with Crippen LogP contribution >= 0.6 is 27.7 Å². The second-order valence-corrected chi connectivity index (χ2v) is 5.70. The van der Waals surface area contributed by atoms with Gasteiger partial charge in [-0.15, -0.1) is 0 Å². The Morgan fingerprint density at radius 2 is 2.12 bits per heavy atom. The molecule has 1 atom stereocenters. The largest absolute Gasteiger partial charge is 0.329 e. The van der Waals surface area contributed by atoms with Gasteiger partial charge in [0.2, 0.25) is 0 Å². The summed E-state index contributed by atoms with van der Waals surface area (Å²) in [6.45, 7) is 0.595. The molecule has 0 spiro atoms. The number of hydrogen-bond donors (Lipinski definition) is 1. The van der Waals surface area contributed by atoms with E-state index in [-0.39, 0.29) is 5.25 Å². The normalized spacial score (nSPS) is 12.4. The van der Waals surface area contributed by atoms with Gasteiger partial charge in [0.15, 0.2) is 0 Å². The molecule has 0 amide bonds. The summed E-state index contributed by atoms with van der Waals surface area (Å²) in [5.74, 6) is 0. The maximum Gasteiger partial charge on any atom is 0.0966 e. The number of nitrogens with zero attached hydrogens (tertiary/aromatic N) is 1. The first-order chi connectivity index (χ1) is 8.29. The molecule has 2 nitrogen and oxygen atoms in total. The molecule has 88 valence electrons. The number of nitrogens with two attached hydrogens (primary N) is 1. The van der Waals surface area contributed by atoms with Crippen molar-refractivity contribution in [3.8, 4) is 0 Å². The van der Waals surface area contributed by atoms with Crippen LogP contribution in [0.1, 0.15) is 10.8 Å². The SMILES string of the molecule is NCC(Sc1ccccn1)c1cccc(Br)c1. The Kier molecular flexibility index (Phi) is 4.59. The van der Waals surface area contributed by atoms with Gasteiger partial charge in [-0.25, -0.2) is 4.98 Å². The van der Waals surface area contributed by atoms with Crippen molar-refractivity contribution in [2.24, 2.45) is 5.73 Å². The minimum absolute atomic E-state index is 0.238. The fourth-order valence-electron chi connectivity index (χ4n) is 1.52. The van der Waals surface area contributed by atoms with E-state index in [0.717, 1.165) is 9.50 Å². The molecule has 0 fully saturated rings. The molecule has 0 radical (unpaired) electrons. The van der Waals surface area contributed by atoms with Gasteiger partial charge in [-0.3, -0.25) is 0 Å². The minimum atomic E-state index is 0.238. The lowest BCUT2D eigenvalue weighted by atomic mass is 10.1. The van der Waals surface area contributed by atoms with E-state index >= 15 is 0 Å². The lowest BCUT2D eigenvalue weighted by Gasteiger charge is -2.14. The van der Waals surface area contributed by atoms with Crippen molar-refractivity contribution in [3.63, 3.8) is 0 Å². The molecule has 0 aliphatic carbocycles. The Labute approximate surface area is 114 Å². The highest BCUT2D eigenvalue weighted by molar-refractivity contribution is 9.10. The minimum Gasteiger partial charge on any atom is -0.329 e. The molecule has 1 unspecified atom stereocenters. The number of rotatable bonds is 4. The summed E-state index contributed by atoms with van der Waals surface area (Å²) in [6, 6.07) is 14.2. The van der Waals surface area contributed by atoms with Crippen LogP contribution in [0.3, 0.4) is 0 Å². The molecule has 0 bridgehead atoms. The number of pyridine rings is 1. The fraction of sp³-hybridized carbons (Fsp3) is 0.154. The van der Waals surface area contributed by atoms with Crippen LogP contribution in [0.25, 0.3) is 0 Å². The second kappa shape index (κ2) is 6.19. The monoisotopic (exact) mass is 308 g/mol. The zero-order valence-electron chi connectivity index (χ0n) is 9.21. The first kappa shape index (κ1) is 12.6. The zero-order chi connectivity index (χ0) is 12.1. The lowest BCUT2D eigenvalue weighted by Crippen LogP contribution is -2.09. The van der Waals surface area contributed by atoms with Gasteiger partial charge in [-0.05, 0) is 29.8 Å². The average Bonchev–Trinajstić information content (AvgIpc) is 2.37. The van der Waals surface area contributed by atoms with Crippen molar-refractivity contribution < 1.29 is 0 Å². The lowest BCUT2D eigenvalue weighted by molar-refractivity contribution is 0.934. The summed E-state index contributed by atoms with van der Waals surface area (Å²) in [4.78, 5) is 4.31. The third kappa shape index (κ3) is 3.56. The Morgan fingerprint density at radius 1 is 1.24 bits per heavy atom. The summed E-state index contributed by atoms with van der Waals surface area (Å²) >= 11 is 5.17. The first-order valence-electron chi connectivity index (χ1n) is 5.33. The molecular weight excluding hydrogens is 296 g/mol. The zero-order valence-corrected chi connectivity index (χ0v) is 11.6. The molecule has 0 saturated carbocycles. The van der Waals surface area contributed by atoms with Gasteiger partial charge in [0, 0.05) is 22.5 Å². The molecule has 2 aromatic rings. The molecule has 2 N–H and O–H groups in total. The summed E-state index contributed by atoms with van der Waals surface area (Å²) in [6.07, 6.45) is 1.80. The van der Waals surface area contributed by atoms with Crippen LogP contribution < -0.4 is 5.73 Å². The molecule has 1 aromatic heterocycles. The maximum atomic E-state index is 5.84. The predicted molar refractivity (Wildman–Crippen MR) is 76.0 cm³/mol. The number of thioether (sulfide) groups is 1. The standard InChI is InChI=1S/C13H13BrN2S/c14-11-5-3-4-10(8-11)12(9-15)17-13-6-1-2-7-16-13/h1-8,12H,9,15H2. The second-order valence-electron chi connectivity index (χ2n) is 3.57. The third-order valence-corrected chi connectivity index (χ3v) is 4.06. The van der Waals surface area contributed by atoms with E-state index < -0.39 is 0 Å². The molecule has 0 aliphatic rings. The van der Waals surface area contributed by atoms with Gasteiger partial charge in [0.1, 0.15) is 0 Å². The van der Waals surface area contributed by atoms with Crippen molar-refractivity contribution in [1.29, 1.82) is 0 Å². The van der Waals surface area contributed by atoms with E-state index in [4.69, 9.17) is 5.73 Å². The molecule has 1 aromatic carbocycles. The number of aromatic nitrogens is 1. The molecule has 4 heteroatoms. The van der Waals surface area contributed by atoms with Crippen LogP contribution in [0.2, 0.25) is 0 Å². The molecule has 17 heavy (non-hydrogen) atoms. The van der Waals surface area contributed by atoms with Gasteiger partial charge in [0.05, 0.1) is 5.03 Å². The van der Waals surface area contributed by atoms with Crippen molar-refractivity contribution in [3.05, 3.63) is 58.7 Å². The van der Waals surface area contributed by atoms with E-state index in [1.807, 2.05) is 30.3 Å². The Hall–Kier alpha value is -0.840. The number of halogens is 1. The highest BCUT2D eigenvalue weighted by Gasteiger charge is 2.12. The van der Waals surface area contributed by atoms with Crippen LogP contribution in [0.15, 0.2) is 58.2 Å². The Bertz CT molecular complexity index is 476. The highest BCUT2D eigenvalue weighted by Crippen LogP contribution is 2.33. The van der Waals surface area contributed by atoms with Crippen molar-refractivity contribution in [2.45, 2.75) is 10.3 Å². The maximum absolute atomic E-state index is 5.84. The van der Waals surface area contributed by atoms with Gasteiger partial charge < -0.3 is 5.73 Å². The number of hydrogen-bond acceptors (Lipinski definition) is 3. The third-order valence-electron chi connectivity index (χ3n) is 2.34. The van der Waals surface area contributed by atoms with E-state index in [1.54, 1.807) is 18.0 Å². The van der Waals surface area contributed by atoms with Crippen LogP contribution in [0.4, 0.5) is 0 Å². The topological polar surface area (TPSA) is 38.9 Å².